The molecule has 0 bridgehead atoms. The van der Waals surface area contributed by atoms with E-state index in [0.29, 0.717) is 5.75 Å². The standard InChI is InChI=1S/C18H21N3O7S/c1-12-14(6-5-7-15(12)21(23)24)19-18(22)11-20(2)29(25,26)17-10-13(27-3)8-9-16(17)28-4/h5-10H,11H2,1-4H3,(H,19,22). The van der Waals surface area contributed by atoms with Gasteiger partial charge in [-0.05, 0) is 25.1 Å². The number of carbonyl (C=O) groups is 1. The highest BCUT2D eigenvalue weighted by molar-refractivity contribution is 7.89. The molecule has 0 saturated carbocycles. The van der Waals surface area contributed by atoms with E-state index >= 15 is 0 Å². The first-order valence-corrected chi connectivity index (χ1v) is 9.78. The highest BCUT2D eigenvalue weighted by atomic mass is 32.2. The van der Waals surface area contributed by atoms with Crippen LogP contribution in [0, 0.1) is 17.0 Å². The highest BCUT2D eigenvalue weighted by Crippen LogP contribution is 2.30. The van der Waals surface area contributed by atoms with E-state index in [4.69, 9.17) is 9.47 Å². The van der Waals surface area contributed by atoms with Crippen molar-refractivity contribution in [2.45, 2.75) is 11.8 Å². The van der Waals surface area contributed by atoms with Gasteiger partial charge in [-0.25, -0.2) is 8.42 Å². The van der Waals surface area contributed by atoms with Gasteiger partial charge in [0.15, 0.2) is 0 Å². The molecule has 156 valence electrons. The van der Waals surface area contributed by atoms with E-state index in [-0.39, 0.29) is 27.6 Å². The Labute approximate surface area is 168 Å². The Morgan fingerprint density at radius 3 is 2.48 bits per heavy atom. The molecule has 0 saturated heterocycles. The number of sulfonamides is 1. The quantitative estimate of drug-likeness (QED) is 0.509. The van der Waals surface area contributed by atoms with Gasteiger partial charge in [0.25, 0.3) is 5.69 Å². The highest BCUT2D eigenvalue weighted by Gasteiger charge is 2.27. The number of hydrogen-bond acceptors (Lipinski definition) is 7. The first kappa shape index (κ1) is 22.1. The topological polar surface area (TPSA) is 128 Å². The van der Waals surface area contributed by atoms with Crippen LogP contribution in [-0.2, 0) is 14.8 Å². The lowest BCUT2D eigenvalue weighted by Gasteiger charge is -2.19. The summed E-state index contributed by atoms with van der Waals surface area (Å²) in [5.74, 6) is -0.233. The van der Waals surface area contributed by atoms with Crippen molar-refractivity contribution in [3.8, 4) is 11.5 Å². The number of nitro groups is 1. The Balaban J connectivity index is 2.24. The van der Waals surface area contributed by atoms with Crippen molar-refractivity contribution < 1.29 is 27.6 Å². The summed E-state index contributed by atoms with van der Waals surface area (Å²) in [6.45, 7) is 0.986. The van der Waals surface area contributed by atoms with Crippen molar-refractivity contribution in [3.05, 3.63) is 52.1 Å². The van der Waals surface area contributed by atoms with Gasteiger partial charge in [-0.3, -0.25) is 14.9 Å². The number of ether oxygens (including phenoxy) is 2. The monoisotopic (exact) mass is 423 g/mol. The number of nitrogens with one attached hydrogen (secondary N) is 1. The van der Waals surface area contributed by atoms with Gasteiger partial charge in [0, 0.05) is 19.2 Å². The van der Waals surface area contributed by atoms with E-state index in [0.717, 1.165) is 4.31 Å². The van der Waals surface area contributed by atoms with E-state index in [2.05, 4.69) is 5.32 Å². The van der Waals surface area contributed by atoms with Crippen LogP contribution >= 0.6 is 0 Å². The third-order valence-corrected chi connectivity index (χ3v) is 6.03. The van der Waals surface area contributed by atoms with Crippen LogP contribution in [0.5, 0.6) is 11.5 Å². The second-order valence-corrected chi connectivity index (χ2v) is 8.05. The minimum atomic E-state index is -4.07. The molecule has 10 nitrogen and oxygen atoms in total. The average molecular weight is 423 g/mol. The van der Waals surface area contributed by atoms with Crippen LogP contribution in [0.15, 0.2) is 41.3 Å². The van der Waals surface area contributed by atoms with Gasteiger partial charge in [0.2, 0.25) is 15.9 Å². The second kappa shape index (κ2) is 8.88. The maximum absolute atomic E-state index is 12.9. The predicted octanol–water partition coefficient (Wildman–Crippen LogP) is 2.18. The summed E-state index contributed by atoms with van der Waals surface area (Å²) in [7, 11) is -0.0984. The molecule has 29 heavy (non-hydrogen) atoms. The summed E-state index contributed by atoms with van der Waals surface area (Å²) in [5.41, 5.74) is 0.352. The van der Waals surface area contributed by atoms with Gasteiger partial charge < -0.3 is 14.8 Å². The third-order valence-electron chi connectivity index (χ3n) is 4.20. The first-order valence-electron chi connectivity index (χ1n) is 8.34. The molecule has 0 radical (unpaired) electrons. The molecular formula is C18H21N3O7S. The molecule has 2 aromatic carbocycles. The maximum atomic E-state index is 12.9. The molecule has 1 amide bonds. The minimum Gasteiger partial charge on any atom is -0.497 e. The molecule has 0 aliphatic heterocycles. The molecule has 0 aromatic heterocycles. The van der Waals surface area contributed by atoms with Crippen molar-refractivity contribution in [2.24, 2.45) is 0 Å². The van der Waals surface area contributed by atoms with Crippen LogP contribution in [0.2, 0.25) is 0 Å². The Kier molecular flexibility index (Phi) is 6.77. The number of rotatable bonds is 8. The number of methoxy groups -OCH3 is 2. The first-order chi connectivity index (χ1) is 13.6. The molecule has 0 aliphatic rings. The Morgan fingerprint density at radius 1 is 1.21 bits per heavy atom. The Hall–Kier alpha value is -3.18. The summed E-state index contributed by atoms with van der Waals surface area (Å²) >= 11 is 0. The molecule has 0 heterocycles. The number of anilines is 1. The van der Waals surface area contributed by atoms with Crippen molar-refractivity contribution >= 4 is 27.3 Å². The summed E-state index contributed by atoms with van der Waals surface area (Å²) in [6.07, 6.45) is 0. The fourth-order valence-corrected chi connectivity index (χ4v) is 3.88. The van der Waals surface area contributed by atoms with Crippen LogP contribution in [0.4, 0.5) is 11.4 Å². The van der Waals surface area contributed by atoms with Crippen LogP contribution in [0.1, 0.15) is 5.56 Å². The minimum absolute atomic E-state index is 0.104. The van der Waals surface area contributed by atoms with E-state index < -0.39 is 27.4 Å². The van der Waals surface area contributed by atoms with Crippen molar-refractivity contribution in [3.63, 3.8) is 0 Å². The average Bonchev–Trinajstić information content (AvgIpc) is 2.68. The van der Waals surface area contributed by atoms with E-state index in [1.165, 1.54) is 58.5 Å². The predicted molar refractivity (Wildman–Crippen MR) is 106 cm³/mol. The van der Waals surface area contributed by atoms with Gasteiger partial charge in [-0.2, -0.15) is 4.31 Å². The zero-order chi connectivity index (χ0) is 21.8. The summed E-state index contributed by atoms with van der Waals surface area (Å²) in [5, 5.41) is 13.5. The Bertz CT molecular complexity index is 1040. The van der Waals surface area contributed by atoms with Crippen molar-refractivity contribution in [2.75, 3.05) is 33.1 Å². The normalized spacial score (nSPS) is 11.2. The lowest BCUT2D eigenvalue weighted by atomic mass is 10.1. The molecule has 1 N–H and O–H groups in total. The molecule has 0 atom stereocenters. The van der Waals surface area contributed by atoms with Gasteiger partial charge in [-0.1, -0.05) is 6.07 Å². The summed E-state index contributed by atoms with van der Waals surface area (Å²) in [4.78, 5) is 22.7. The zero-order valence-corrected chi connectivity index (χ0v) is 17.1. The molecule has 0 unspecified atom stereocenters. The van der Waals surface area contributed by atoms with Crippen molar-refractivity contribution in [1.82, 2.24) is 4.31 Å². The second-order valence-electron chi connectivity index (χ2n) is 6.03. The molecule has 0 aliphatic carbocycles. The van der Waals surface area contributed by atoms with Gasteiger partial charge in [0.05, 0.1) is 36.9 Å². The molecule has 0 spiro atoms. The Morgan fingerprint density at radius 2 is 1.90 bits per heavy atom. The van der Waals surface area contributed by atoms with Gasteiger partial charge in [0.1, 0.15) is 16.4 Å². The number of nitrogens with zero attached hydrogens (tertiary/aromatic N) is 2. The van der Waals surface area contributed by atoms with Gasteiger partial charge >= 0.3 is 0 Å². The van der Waals surface area contributed by atoms with Gasteiger partial charge in [-0.15, -0.1) is 0 Å². The third kappa shape index (κ3) is 4.81. The number of likely N-dealkylation sites (N-methyl/N-ethyl adjacent to an activating group) is 1. The van der Waals surface area contributed by atoms with E-state index in [1.807, 2.05) is 0 Å². The fourth-order valence-electron chi connectivity index (χ4n) is 2.59. The maximum Gasteiger partial charge on any atom is 0.274 e. The SMILES string of the molecule is COc1ccc(OC)c(S(=O)(=O)N(C)CC(=O)Nc2cccc([N+](=O)[O-])c2C)c1. The largest absolute Gasteiger partial charge is 0.497 e. The van der Waals surface area contributed by atoms with Crippen LogP contribution < -0.4 is 14.8 Å². The molecular weight excluding hydrogens is 402 g/mol. The van der Waals surface area contributed by atoms with E-state index in [1.54, 1.807) is 6.07 Å². The van der Waals surface area contributed by atoms with Crippen molar-refractivity contribution in [1.29, 1.82) is 0 Å². The number of amides is 1. The van der Waals surface area contributed by atoms with Crippen LogP contribution in [0.25, 0.3) is 0 Å². The fraction of sp³-hybridized carbons (Fsp3) is 0.278. The van der Waals surface area contributed by atoms with E-state index in [9.17, 15) is 23.3 Å². The number of hydrogen-bond donors (Lipinski definition) is 1. The molecule has 11 heteroatoms. The number of nitro benzene ring substituents is 1. The van der Waals surface area contributed by atoms with Crippen LogP contribution in [0.3, 0.4) is 0 Å². The summed E-state index contributed by atoms with van der Waals surface area (Å²) in [6, 6.07) is 8.55. The lowest BCUT2D eigenvalue weighted by molar-refractivity contribution is -0.385. The lowest BCUT2D eigenvalue weighted by Crippen LogP contribution is -2.35. The molecule has 2 aromatic rings. The zero-order valence-electron chi connectivity index (χ0n) is 16.3. The van der Waals surface area contributed by atoms with Crippen LogP contribution in [-0.4, -0.2) is 51.4 Å². The smallest absolute Gasteiger partial charge is 0.274 e. The number of benzene rings is 2. The molecule has 0 fully saturated rings. The number of carbonyl (C=O) groups excluding carboxylic acids is 1. The summed E-state index contributed by atoms with van der Waals surface area (Å²) < 4.78 is 36.8. The molecule has 2 rings (SSSR count).